The van der Waals surface area contributed by atoms with Crippen LogP contribution < -0.4 is 5.32 Å². The number of aryl methyl sites for hydroxylation is 1. The van der Waals surface area contributed by atoms with Crippen LogP contribution >= 0.6 is 0 Å². The third kappa shape index (κ3) is 3.25. The van der Waals surface area contributed by atoms with Gasteiger partial charge in [-0.2, -0.15) is 5.11 Å². The number of nitrogens with one attached hydrogen (secondary N) is 1. The molecular formula is C19H17N3O2. The zero-order chi connectivity index (χ0) is 17.1. The molecule has 120 valence electrons. The van der Waals surface area contributed by atoms with Gasteiger partial charge in [0.15, 0.2) is 5.75 Å². The van der Waals surface area contributed by atoms with E-state index in [9.17, 15) is 9.90 Å². The lowest BCUT2D eigenvalue weighted by atomic mass is 10.0. The van der Waals surface area contributed by atoms with Crippen LogP contribution in [-0.4, -0.2) is 11.0 Å². The normalized spacial score (nSPS) is 11.1. The fourth-order valence-electron chi connectivity index (χ4n) is 2.56. The van der Waals surface area contributed by atoms with Gasteiger partial charge in [-0.05, 0) is 42.1 Å². The summed E-state index contributed by atoms with van der Waals surface area (Å²) >= 11 is 0. The van der Waals surface area contributed by atoms with Crippen molar-refractivity contribution in [2.24, 2.45) is 10.2 Å². The number of amides is 1. The molecule has 3 aromatic rings. The summed E-state index contributed by atoms with van der Waals surface area (Å²) < 4.78 is 0. The summed E-state index contributed by atoms with van der Waals surface area (Å²) in [5, 5.41) is 23.0. The quantitative estimate of drug-likeness (QED) is 0.649. The van der Waals surface area contributed by atoms with E-state index < -0.39 is 0 Å². The van der Waals surface area contributed by atoms with E-state index in [1.54, 1.807) is 6.07 Å². The molecule has 3 rings (SSSR count). The van der Waals surface area contributed by atoms with Crippen LogP contribution in [0.2, 0.25) is 0 Å². The molecule has 0 unspecified atom stereocenters. The van der Waals surface area contributed by atoms with Crippen LogP contribution in [-0.2, 0) is 4.79 Å². The molecule has 0 atom stereocenters. The fourth-order valence-corrected chi connectivity index (χ4v) is 2.56. The minimum absolute atomic E-state index is 0.00377. The monoisotopic (exact) mass is 319 g/mol. The zero-order valence-corrected chi connectivity index (χ0v) is 13.4. The van der Waals surface area contributed by atoms with E-state index in [1.165, 1.54) is 6.92 Å². The van der Waals surface area contributed by atoms with Crippen LogP contribution in [0, 0.1) is 6.92 Å². The van der Waals surface area contributed by atoms with Gasteiger partial charge in [0.25, 0.3) is 0 Å². The van der Waals surface area contributed by atoms with Crippen molar-refractivity contribution in [3.8, 4) is 5.75 Å². The predicted molar refractivity (Wildman–Crippen MR) is 95.3 cm³/mol. The summed E-state index contributed by atoms with van der Waals surface area (Å²) in [7, 11) is 0. The summed E-state index contributed by atoms with van der Waals surface area (Å²) in [4.78, 5) is 11.4. The highest BCUT2D eigenvalue weighted by molar-refractivity contribution is 6.06. The van der Waals surface area contributed by atoms with Gasteiger partial charge in [-0.15, -0.1) is 5.11 Å². The van der Waals surface area contributed by atoms with Crippen LogP contribution in [0.15, 0.2) is 64.8 Å². The standard InChI is InChI=1S/C19H17N3O2/c1-12-10-14-8-9-16(22-21-15-6-4-3-5-7-15)19(24)18(14)17(11-12)20-13(2)23/h3-11,24H,1-2H3,(H,20,23). The number of hydrogen-bond acceptors (Lipinski definition) is 4. The molecule has 5 nitrogen and oxygen atoms in total. The predicted octanol–water partition coefficient (Wildman–Crippen LogP) is 5.23. The number of fused-ring (bicyclic) bond motifs is 1. The Kier molecular flexibility index (Phi) is 4.24. The molecule has 0 heterocycles. The Morgan fingerprint density at radius 2 is 1.79 bits per heavy atom. The SMILES string of the molecule is CC(=O)Nc1cc(C)cc2ccc(N=Nc3ccccc3)c(O)c12. The van der Waals surface area contributed by atoms with E-state index in [0.717, 1.165) is 10.9 Å². The number of benzene rings is 3. The maximum Gasteiger partial charge on any atom is 0.221 e. The number of phenolic OH excluding ortho intramolecular Hbond substituents is 1. The number of nitrogens with zero attached hydrogens (tertiary/aromatic N) is 2. The van der Waals surface area contributed by atoms with Crippen LogP contribution in [0.5, 0.6) is 5.75 Å². The van der Waals surface area contributed by atoms with Gasteiger partial charge in [-0.3, -0.25) is 4.79 Å². The van der Waals surface area contributed by atoms with Gasteiger partial charge in [-0.1, -0.05) is 30.3 Å². The number of carbonyl (C=O) groups is 1. The maximum atomic E-state index is 11.4. The molecule has 0 saturated carbocycles. The molecule has 0 fully saturated rings. The van der Waals surface area contributed by atoms with Gasteiger partial charge < -0.3 is 10.4 Å². The zero-order valence-electron chi connectivity index (χ0n) is 13.4. The summed E-state index contributed by atoms with van der Waals surface area (Å²) in [6, 6.07) is 16.6. The molecule has 2 N–H and O–H groups in total. The fraction of sp³-hybridized carbons (Fsp3) is 0.105. The second-order valence-electron chi connectivity index (χ2n) is 5.56. The molecule has 0 radical (unpaired) electrons. The Morgan fingerprint density at radius 1 is 1.04 bits per heavy atom. The first-order valence-electron chi connectivity index (χ1n) is 7.55. The molecule has 0 aliphatic heterocycles. The molecule has 1 amide bonds. The minimum Gasteiger partial charge on any atom is -0.505 e. The van der Waals surface area contributed by atoms with E-state index in [-0.39, 0.29) is 11.7 Å². The molecule has 5 heteroatoms. The molecule has 3 aromatic carbocycles. The van der Waals surface area contributed by atoms with Gasteiger partial charge in [0.2, 0.25) is 5.91 Å². The van der Waals surface area contributed by atoms with E-state index >= 15 is 0 Å². The van der Waals surface area contributed by atoms with Crippen molar-refractivity contribution in [3.05, 3.63) is 60.2 Å². The Hall–Kier alpha value is -3.21. The van der Waals surface area contributed by atoms with Crippen molar-refractivity contribution in [1.29, 1.82) is 0 Å². The highest BCUT2D eigenvalue weighted by atomic mass is 16.3. The lowest BCUT2D eigenvalue weighted by molar-refractivity contribution is -0.114. The lowest BCUT2D eigenvalue weighted by Crippen LogP contribution is -2.06. The lowest BCUT2D eigenvalue weighted by Gasteiger charge is -2.11. The minimum atomic E-state index is -0.197. The summed E-state index contributed by atoms with van der Waals surface area (Å²) in [5.41, 5.74) is 2.60. The largest absolute Gasteiger partial charge is 0.505 e. The third-order valence-electron chi connectivity index (χ3n) is 3.55. The Bertz CT molecular complexity index is 934. The number of aromatic hydroxyl groups is 1. The molecule has 0 spiro atoms. The highest BCUT2D eigenvalue weighted by Crippen LogP contribution is 2.40. The second kappa shape index (κ2) is 6.50. The van der Waals surface area contributed by atoms with Gasteiger partial charge >= 0.3 is 0 Å². The van der Waals surface area contributed by atoms with Crippen molar-refractivity contribution >= 4 is 33.7 Å². The number of anilines is 1. The number of hydrogen-bond donors (Lipinski definition) is 2. The van der Waals surface area contributed by atoms with Crippen LogP contribution in [0.25, 0.3) is 10.8 Å². The summed E-state index contributed by atoms with van der Waals surface area (Å²) in [6.45, 7) is 3.37. The van der Waals surface area contributed by atoms with E-state index in [1.807, 2.05) is 55.5 Å². The molecule has 0 aliphatic rings. The third-order valence-corrected chi connectivity index (χ3v) is 3.55. The van der Waals surface area contributed by atoms with Gasteiger partial charge in [-0.25, -0.2) is 0 Å². The first-order valence-corrected chi connectivity index (χ1v) is 7.55. The van der Waals surface area contributed by atoms with Crippen LogP contribution in [0.3, 0.4) is 0 Å². The van der Waals surface area contributed by atoms with Crippen molar-refractivity contribution in [2.75, 3.05) is 5.32 Å². The van der Waals surface area contributed by atoms with Gasteiger partial charge in [0, 0.05) is 12.3 Å². The highest BCUT2D eigenvalue weighted by Gasteiger charge is 2.12. The average molecular weight is 319 g/mol. The van der Waals surface area contributed by atoms with Gasteiger partial charge in [0.05, 0.1) is 11.4 Å². The molecular weight excluding hydrogens is 302 g/mol. The number of carbonyl (C=O) groups excluding carboxylic acids is 1. The molecule has 0 saturated heterocycles. The average Bonchev–Trinajstić information content (AvgIpc) is 2.54. The van der Waals surface area contributed by atoms with E-state index in [2.05, 4.69) is 15.5 Å². The Balaban J connectivity index is 2.11. The summed E-state index contributed by atoms with van der Waals surface area (Å²) in [5.74, 6) is -0.200. The number of phenols is 1. The molecule has 0 bridgehead atoms. The van der Waals surface area contributed by atoms with Crippen molar-refractivity contribution in [1.82, 2.24) is 0 Å². The Morgan fingerprint density at radius 3 is 2.50 bits per heavy atom. The molecule has 0 aliphatic carbocycles. The maximum absolute atomic E-state index is 11.4. The molecule has 24 heavy (non-hydrogen) atoms. The topological polar surface area (TPSA) is 74.0 Å². The second-order valence-corrected chi connectivity index (χ2v) is 5.56. The molecule has 0 aromatic heterocycles. The smallest absolute Gasteiger partial charge is 0.221 e. The Labute approximate surface area is 139 Å². The van der Waals surface area contributed by atoms with Gasteiger partial charge in [0.1, 0.15) is 5.69 Å². The number of rotatable bonds is 3. The van der Waals surface area contributed by atoms with E-state index in [0.29, 0.717) is 22.4 Å². The van der Waals surface area contributed by atoms with Crippen molar-refractivity contribution in [3.63, 3.8) is 0 Å². The summed E-state index contributed by atoms with van der Waals surface area (Å²) in [6.07, 6.45) is 0. The van der Waals surface area contributed by atoms with Crippen molar-refractivity contribution in [2.45, 2.75) is 13.8 Å². The van der Waals surface area contributed by atoms with Crippen LogP contribution in [0.4, 0.5) is 17.1 Å². The van der Waals surface area contributed by atoms with E-state index in [4.69, 9.17) is 0 Å². The first kappa shape index (κ1) is 15.7. The first-order chi connectivity index (χ1) is 11.5. The van der Waals surface area contributed by atoms with Crippen LogP contribution in [0.1, 0.15) is 12.5 Å². The van der Waals surface area contributed by atoms with Crippen molar-refractivity contribution < 1.29 is 9.90 Å². The number of azo groups is 1.